The average molecular weight is 260 g/mol. The Morgan fingerprint density at radius 3 is 2.58 bits per heavy atom. The van der Waals surface area contributed by atoms with Gasteiger partial charge in [0.2, 0.25) is 5.95 Å². The lowest BCUT2D eigenvalue weighted by Gasteiger charge is -2.22. The van der Waals surface area contributed by atoms with Gasteiger partial charge in [-0.1, -0.05) is 5.92 Å². The molecule has 0 bridgehead atoms. The van der Waals surface area contributed by atoms with Crippen molar-refractivity contribution in [2.24, 2.45) is 0 Å². The van der Waals surface area contributed by atoms with Crippen LogP contribution < -0.4 is 10.2 Å². The molecule has 0 fully saturated rings. The molecule has 1 aromatic heterocycles. The second-order valence-electron chi connectivity index (χ2n) is 5.60. The van der Waals surface area contributed by atoms with Crippen molar-refractivity contribution >= 4 is 5.95 Å². The van der Waals surface area contributed by atoms with E-state index < -0.39 is 0 Å². The van der Waals surface area contributed by atoms with E-state index in [2.05, 4.69) is 42.0 Å². The summed E-state index contributed by atoms with van der Waals surface area (Å²) < 4.78 is 0. The number of nitrogens with zero attached hydrogens (tertiary/aromatic N) is 3. The molecule has 0 amide bonds. The van der Waals surface area contributed by atoms with Crippen LogP contribution in [0.5, 0.6) is 0 Å². The molecular formula is C15H24N4. The molecule has 0 spiro atoms. The number of aryl methyl sites for hydroxylation is 1. The van der Waals surface area contributed by atoms with E-state index in [-0.39, 0.29) is 5.54 Å². The average Bonchev–Trinajstić information content (AvgIpc) is 2.33. The van der Waals surface area contributed by atoms with Crippen LogP contribution in [-0.2, 0) is 6.54 Å². The number of hydrogen-bond donors (Lipinski definition) is 1. The van der Waals surface area contributed by atoms with Crippen molar-refractivity contribution < 1.29 is 0 Å². The van der Waals surface area contributed by atoms with Crippen LogP contribution in [0.4, 0.5) is 5.95 Å². The largest absolute Gasteiger partial charge is 0.330 e. The molecule has 4 nitrogen and oxygen atoms in total. The predicted octanol–water partition coefficient (Wildman–Crippen LogP) is 2.13. The maximum atomic E-state index is 5.35. The smallest absolute Gasteiger partial charge is 0.226 e. The lowest BCUT2D eigenvalue weighted by Crippen LogP contribution is -2.35. The Morgan fingerprint density at radius 2 is 2.11 bits per heavy atom. The van der Waals surface area contributed by atoms with Gasteiger partial charge in [-0.15, -0.1) is 6.42 Å². The van der Waals surface area contributed by atoms with Gasteiger partial charge in [0, 0.05) is 36.1 Å². The summed E-state index contributed by atoms with van der Waals surface area (Å²) in [5, 5.41) is 3.44. The van der Waals surface area contributed by atoms with Gasteiger partial charge in [-0.2, -0.15) is 0 Å². The molecular weight excluding hydrogens is 236 g/mol. The van der Waals surface area contributed by atoms with E-state index >= 15 is 0 Å². The van der Waals surface area contributed by atoms with Crippen molar-refractivity contribution in [3.05, 3.63) is 17.5 Å². The van der Waals surface area contributed by atoms with Crippen LogP contribution in [0.15, 0.2) is 6.20 Å². The fourth-order valence-electron chi connectivity index (χ4n) is 1.60. The minimum atomic E-state index is 0.0873. The third-order valence-electron chi connectivity index (χ3n) is 2.82. The van der Waals surface area contributed by atoms with Gasteiger partial charge in [0.25, 0.3) is 0 Å². The van der Waals surface area contributed by atoms with Gasteiger partial charge in [-0.3, -0.25) is 0 Å². The van der Waals surface area contributed by atoms with Crippen LogP contribution in [0, 0.1) is 19.3 Å². The Hall–Kier alpha value is -1.60. The lowest BCUT2D eigenvalue weighted by molar-refractivity contribution is 0.423. The molecule has 0 saturated heterocycles. The Bertz CT molecular complexity index is 454. The zero-order valence-corrected chi connectivity index (χ0v) is 12.6. The van der Waals surface area contributed by atoms with Crippen molar-refractivity contribution in [3.63, 3.8) is 0 Å². The van der Waals surface area contributed by atoms with E-state index in [1.165, 1.54) is 0 Å². The second-order valence-corrected chi connectivity index (χ2v) is 5.60. The zero-order valence-electron chi connectivity index (χ0n) is 12.6. The summed E-state index contributed by atoms with van der Waals surface area (Å²) in [6, 6.07) is 0. The molecule has 0 saturated carbocycles. The van der Waals surface area contributed by atoms with E-state index in [0.717, 1.165) is 24.3 Å². The first kappa shape index (κ1) is 15.5. The fourth-order valence-corrected chi connectivity index (χ4v) is 1.60. The minimum absolute atomic E-state index is 0.0873. The SMILES string of the molecule is C#CCN(CC)c1ncc(CNC(C)(C)C)c(C)n1. The molecule has 4 heteroatoms. The monoisotopic (exact) mass is 260 g/mol. The molecule has 1 aromatic rings. The van der Waals surface area contributed by atoms with E-state index in [0.29, 0.717) is 12.5 Å². The maximum absolute atomic E-state index is 5.35. The molecule has 1 rings (SSSR count). The predicted molar refractivity (Wildman–Crippen MR) is 80.1 cm³/mol. The summed E-state index contributed by atoms with van der Waals surface area (Å²) in [5.41, 5.74) is 2.21. The van der Waals surface area contributed by atoms with Crippen molar-refractivity contribution in [1.29, 1.82) is 0 Å². The van der Waals surface area contributed by atoms with Crippen LogP contribution >= 0.6 is 0 Å². The van der Waals surface area contributed by atoms with Gasteiger partial charge in [-0.25, -0.2) is 9.97 Å². The van der Waals surface area contributed by atoms with Crippen LogP contribution in [-0.4, -0.2) is 28.6 Å². The quantitative estimate of drug-likeness (QED) is 0.824. The van der Waals surface area contributed by atoms with Crippen LogP contribution in [0.2, 0.25) is 0 Å². The number of terminal acetylenes is 1. The Labute approximate surface area is 116 Å². The van der Waals surface area contributed by atoms with Gasteiger partial charge >= 0.3 is 0 Å². The molecule has 104 valence electrons. The van der Waals surface area contributed by atoms with Crippen molar-refractivity contribution in [1.82, 2.24) is 15.3 Å². The summed E-state index contributed by atoms with van der Waals surface area (Å²) in [7, 11) is 0. The molecule has 0 aliphatic rings. The van der Waals surface area contributed by atoms with Gasteiger partial charge in [0.15, 0.2) is 0 Å². The molecule has 0 unspecified atom stereocenters. The van der Waals surface area contributed by atoms with Crippen LogP contribution in [0.25, 0.3) is 0 Å². The number of rotatable bonds is 5. The van der Waals surface area contributed by atoms with Crippen LogP contribution in [0.1, 0.15) is 39.0 Å². The molecule has 0 aliphatic heterocycles. The minimum Gasteiger partial charge on any atom is -0.330 e. The third-order valence-corrected chi connectivity index (χ3v) is 2.82. The number of aromatic nitrogens is 2. The standard InChI is InChI=1S/C15H24N4/c1-7-9-19(8-2)14-16-10-13(12(3)18-14)11-17-15(4,5)6/h1,10,17H,8-9,11H2,2-6H3. The molecule has 19 heavy (non-hydrogen) atoms. The molecule has 1 heterocycles. The number of anilines is 1. The van der Waals surface area contributed by atoms with E-state index in [9.17, 15) is 0 Å². The summed E-state index contributed by atoms with van der Waals surface area (Å²) in [6.07, 6.45) is 7.23. The Kier molecular flexibility index (Phi) is 5.31. The van der Waals surface area contributed by atoms with Gasteiger partial charge in [-0.05, 0) is 34.6 Å². The molecule has 1 N–H and O–H groups in total. The molecule has 0 atom stereocenters. The van der Waals surface area contributed by atoms with E-state index in [1.54, 1.807) is 0 Å². The highest BCUT2D eigenvalue weighted by Gasteiger charge is 2.12. The summed E-state index contributed by atoms with van der Waals surface area (Å²) in [4.78, 5) is 10.9. The summed E-state index contributed by atoms with van der Waals surface area (Å²) >= 11 is 0. The zero-order chi connectivity index (χ0) is 14.5. The number of hydrogen-bond acceptors (Lipinski definition) is 4. The van der Waals surface area contributed by atoms with Gasteiger partial charge < -0.3 is 10.2 Å². The molecule has 0 aromatic carbocycles. The third kappa shape index (κ3) is 4.88. The lowest BCUT2D eigenvalue weighted by atomic mass is 10.1. The van der Waals surface area contributed by atoms with Crippen molar-refractivity contribution in [3.8, 4) is 12.3 Å². The number of nitrogens with one attached hydrogen (secondary N) is 1. The Balaban J connectivity index is 2.82. The summed E-state index contributed by atoms with van der Waals surface area (Å²) in [5.74, 6) is 3.34. The van der Waals surface area contributed by atoms with Crippen molar-refractivity contribution in [2.45, 2.75) is 46.7 Å². The van der Waals surface area contributed by atoms with Gasteiger partial charge in [0.05, 0.1) is 6.54 Å². The fraction of sp³-hybridized carbons (Fsp3) is 0.600. The molecule has 0 radical (unpaired) electrons. The second kappa shape index (κ2) is 6.53. The van der Waals surface area contributed by atoms with E-state index in [1.807, 2.05) is 24.9 Å². The maximum Gasteiger partial charge on any atom is 0.226 e. The first-order chi connectivity index (χ1) is 8.87. The molecule has 0 aliphatic carbocycles. The Morgan fingerprint density at radius 1 is 1.42 bits per heavy atom. The normalized spacial score (nSPS) is 11.2. The first-order valence-corrected chi connectivity index (χ1v) is 6.63. The topological polar surface area (TPSA) is 41.1 Å². The highest BCUT2D eigenvalue weighted by atomic mass is 15.2. The van der Waals surface area contributed by atoms with Crippen LogP contribution in [0.3, 0.4) is 0 Å². The summed E-state index contributed by atoms with van der Waals surface area (Å²) in [6.45, 7) is 12.6. The first-order valence-electron chi connectivity index (χ1n) is 6.63. The van der Waals surface area contributed by atoms with Crippen molar-refractivity contribution in [2.75, 3.05) is 18.0 Å². The highest BCUT2D eigenvalue weighted by Crippen LogP contribution is 2.12. The van der Waals surface area contributed by atoms with E-state index in [4.69, 9.17) is 6.42 Å². The van der Waals surface area contributed by atoms with Gasteiger partial charge in [0.1, 0.15) is 0 Å². The highest BCUT2D eigenvalue weighted by molar-refractivity contribution is 5.34.